The van der Waals surface area contributed by atoms with Crippen molar-refractivity contribution in [2.75, 3.05) is 55.6 Å². The Balaban J connectivity index is 1.77. The summed E-state index contributed by atoms with van der Waals surface area (Å²) in [5.41, 5.74) is 2.89. The number of anilines is 2. The summed E-state index contributed by atoms with van der Waals surface area (Å²) in [5.74, 6) is 0. The summed E-state index contributed by atoms with van der Waals surface area (Å²) < 4.78 is 0. The van der Waals surface area contributed by atoms with Crippen molar-refractivity contribution < 1.29 is 0 Å². The molecule has 2 saturated heterocycles. The number of nitrogens with zero attached hydrogens (tertiary/aromatic N) is 3. The summed E-state index contributed by atoms with van der Waals surface area (Å²) in [5, 5.41) is 0. The second kappa shape index (κ2) is 5.83. The molecule has 0 aliphatic carbocycles. The fourth-order valence-corrected chi connectivity index (χ4v) is 3.26. The zero-order valence-electron chi connectivity index (χ0n) is 12.0. The largest absolute Gasteiger partial charge is 0.370 e. The second-order valence-electron chi connectivity index (χ2n) is 5.60. The zero-order valence-corrected chi connectivity index (χ0v) is 12.0. The van der Waals surface area contributed by atoms with Crippen LogP contribution in [0.25, 0.3) is 0 Å². The minimum Gasteiger partial charge on any atom is -0.370 e. The highest BCUT2D eigenvalue weighted by Crippen LogP contribution is 2.32. The molecule has 3 rings (SSSR count). The third-order valence-electron chi connectivity index (χ3n) is 4.49. The zero-order chi connectivity index (χ0) is 13.1. The molecule has 2 fully saturated rings. The molecule has 2 aliphatic rings. The molecule has 104 valence electrons. The van der Waals surface area contributed by atoms with Gasteiger partial charge >= 0.3 is 0 Å². The molecule has 0 N–H and O–H groups in total. The first-order valence-corrected chi connectivity index (χ1v) is 7.70. The lowest BCUT2D eigenvalue weighted by Crippen LogP contribution is -2.46. The van der Waals surface area contributed by atoms with Crippen LogP contribution in [0, 0.1) is 0 Å². The molecular formula is C16H25N3. The molecule has 0 spiro atoms. The van der Waals surface area contributed by atoms with Gasteiger partial charge < -0.3 is 14.7 Å². The third-order valence-corrected chi connectivity index (χ3v) is 4.49. The van der Waals surface area contributed by atoms with Gasteiger partial charge in [-0.25, -0.2) is 0 Å². The van der Waals surface area contributed by atoms with Gasteiger partial charge in [-0.3, -0.25) is 0 Å². The Hall–Kier alpha value is -1.22. The minimum atomic E-state index is 1.17. The number of piperazine rings is 1. The van der Waals surface area contributed by atoms with E-state index in [0.29, 0.717) is 0 Å². The summed E-state index contributed by atoms with van der Waals surface area (Å²) in [6.07, 6.45) is 2.69. The molecule has 2 aliphatic heterocycles. The van der Waals surface area contributed by atoms with Gasteiger partial charge in [0.2, 0.25) is 0 Å². The van der Waals surface area contributed by atoms with Crippen LogP contribution < -0.4 is 9.80 Å². The smallest absolute Gasteiger partial charge is 0.0604 e. The predicted octanol–water partition coefficient (Wildman–Crippen LogP) is 2.43. The van der Waals surface area contributed by atoms with Gasteiger partial charge in [-0.15, -0.1) is 0 Å². The molecule has 2 heterocycles. The number of hydrogen-bond donors (Lipinski definition) is 0. The highest BCUT2D eigenvalue weighted by atomic mass is 15.3. The standard InChI is InChI=1S/C16H25N3/c1-2-17-11-13-19(14-12-17)16-8-4-3-7-15(16)18-9-5-6-10-18/h3-4,7-8H,2,5-6,9-14H2,1H3. The summed E-state index contributed by atoms with van der Waals surface area (Å²) in [6.45, 7) is 10.6. The molecule has 1 aromatic rings. The monoisotopic (exact) mass is 259 g/mol. The van der Waals surface area contributed by atoms with Crippen molar-refractivity contribution in [1.29, 1.82) is 0 Å². The Morgan fingerprint density at radius 2 is 1.32 bits per heavy atom. The maximum absolute atomic E-state index is 2.57. The molecular weight excluding hydrogens is 234 g/mol. The fraction of sp³-hybridized carbons (Fsp3) is 0.625. The van der Waals surface area contributed by atoms with Crippen LogP contribution in [0.3, 0.4) is 0 Å². The second-order valence-corrected chi connectivity index (χ2v) is 5.60. The van der Waals surface area contributed by atoms with Gasteiger partial charge in [0.1, 0.15) is 0 Å². The van der Waals surface area contributed by atoms with Crippen molar-refractivity contribution in [1.82, 2.24) is 4.90 Å². The molecule has 19 heavy (non-hydrogen) atoms. The van der Waals surface area contributed by atoms with E-state index in [9.17, 15) is 0 Å². The maximum Gasteiger partial charge on any atom is 0.0604 e. The van der Waals surface area contributed by atoms with Crippen molar-refractivity contribution in [2.24, 2.45) is 0 Å². The molecule has 0 aromatic heterocycles. The Kier molecular flexibility index (Phi) is 3.92. The average molecular weight is 259 g/mol. The van der Waals surface area contributed by atoms with E-state index < -0.39 is 0 Å². The average Bonchev–Trinajstić information content (AvgIpc) is 3.01. The van der Waals surface area contributed by atoms with E-state index in [1.54, 1.807) is 0 Å². The molecule has 1 aromatic carbocycles. The van der Waals surface area contributed by atoms with E-state index >= 15 is 0 Å². The quantitative estimate of drug-likeness (QED) is 0.825. The highest BCUT2D eigenvalue weighted by Gasteiger charge is 2.21. The molecule has 0 radical (unpaired) electrons. The van der Waals surface area contributed by atoms with Crippen LogP contribution in [0.15, 0.2) is 24.3 Å². The minimum absolute atomic E-state index is 1.17. The van der Waals surface area contributed by atoms with Crippen molar-refractivity contribution >= 4 is 11.4 Å². The predicted molar refractivity (Wildman–Crippen MR) is 82.2 cm³/mol. The number of rotatable bonds is 3. The van der Waals surface area contributed by atoms with Crippen LogP contribution >= 0.6 is 0 Å². The molecule has 3 nitrogen and oxygen atoms in total. The van der Waals surface area contributed by atoms with Crippen LogP contribution in [-0.2, 0) is 0 Å². The third kappa shape index (κ3) is 2.71. The number of benzene rings is 1. The Labute approximate surface area is 116 Å². The lowest BCUT2D eigenvalue weighted by molar-refractivity contribution is 0.271. The molecule has 0 unspecified atom stereocenters. The van der Waals surface area contributed by atoms with Crippen molar-refractivity contribution in [3.63, 3.8) is 0 Å². The SMILES string of the molecule is CCN1CCN(c2ccccc2N2CCCC2)CC1. The van der Waals surface area contributed by atoms with Crippen LogP contribution in [0.5, 0.6) is 0 Å². The number of para-hydroxylation sites is 2. The van der Waals surface area contributed by atoms with Crippen LogP contribution in [0.1, 0.15) is 19.8 Å². The Morgan fingerprint density at radius 3 is 1.84 bits per heavy atom. The number of hydrogen-bond acceptors (Lipinski definition) is 3. The molecule has 0 amide bonds. The summed E-state index contributed by atoms with van der Waals surface area (Å²) in [4.78, 5) is 7.66. The van der Waals surface area contributed by atoms with Gasteiger partial charge in [0.05, 0.1) is 11.4 Å². The molecule has 0 saturated carbocycles. The van der Waals surface area contributed by atoms with Gasteiger partial charge in [-0.05, 0) is 31.5 Å². The van der Waals surface area contributed by atoms with Gasteiger partial charge in [0.25, 0.3) is 0 Å². The van der Waals surface area contributed by atoms with Gasteiger partial charge in [0, 0.05) is 39.3 Å². The Bertz CT molecular complexity index is 404. The van der Waals surface area contributed by atoms with Crippen molar-refractivity contribution in [2.45, 2.75) is 19.8 Å². The molecule has 3 heteroatoms. The van der Waals surface area contributed by atoms with Gasteiger partial charge in [-0.1, -0.05) is 19.1 Å². The lowest BCUT2D eigenvalue weighted by Gasteiger charge is -2.37. The van der Waals surface area contributed by atoms with E-state index in [0.717, 1.165) is 0 Å². The van der Waals surface area contributed by atoms with Crippen molar-refractivity contribution in [3.8, 4) is 0 Å². The summed E-state index contributed by atoms with van der Waals surface area (Å²) in [7, 11) is 0. The lowest BCUT2D eigenvalue weighted by atomic mass is 10.2. The highest BCUT2D eigenvalue weighted by molar-refractivity contribution is 5.71. The topological polar surface area (TPSA) is 9.72 Å². The first-order valence-electron chi connectivity index (χ1n) is 7.70. The van der Waals surface area contributed by atoms with E-state index in [4.69, 9.17) is 0 Å². The van der Waals surface area contributed by atoms with Gasteiger partial charge in [0.15, 0.2) is 0 Å². The van der Waals surface area contributed by atoms with E-state index in [1.807, 2.05) is 0 Å². The molecule has 0 bridgehead atoms. The van der Waals surface area contributed by atoms with E-state index in [-0.39, 0.29) is 0 Å². The van der Waals surface area contributed by atoms with Crippen LogP contribution in [-0.4, -0.2) is 50.7 Å². The molecule has 0 atom stereocenters. The summed E-state index contributed by atoms with van der Waals surface area (Å²) >= 11 is 0. The number of likely N-dealkylation sites (N-methyl/N-ethyl adjacent to an activating group) is 1. The van der Waals surface area contributed by atoms with E-state index in [2.05, 4.69) is 45.9 Å². The summed E-state index contributed by atoms with van der Waals surface area (Å²) in [6, 6.07) is 8.96. The normalized spacial score (nSPS) is 21.1. The van der Waals surface area contributed by atoms with Crippen LogP contribution in [0.4, 0.5) is 11.4 Å². The first kappa shape index (κ1) is 12.8. The van der Waals surface area contributed by atoms with E-state index in [1.165, 1.54) is 70.0 Å². The Morgan fingerprint density at radius 1 is 0.789 bits per heavy atom. The first-order chi connectivity index (χ1) is 9.38. The van der Waals surface area contributed by atoms with Crippen LogP contribution in [0.2, 0.25) is 0 Å². The van der Waals surface area contributed by atoms with Crippen molar-refractivity contribution in [3.05, 3.63) is 24.3 Å². The maximum atomic E-state index is 2.57. The van der Waals surface area contributed by atoms with Gasteiger partial charge in [-0.2, -0.15) is 0 Å². The fourth-order valence-electron chi connectivity index (χ4n) is 3.26.